The fourth-order valence-corrected chi connectivity index (χ4v) is 3.33. The molecule has 0 fully saturated rings. The molecule has 29 heavy (non-hydrogen) atoms. The van der Waals surface area contributed by atoms with E-state index in [1.807, 2.05) is 0 Å². The molecular formula is C16H12N2Na2O7S2. The first-order valence-electron chi connectivity index (χ1n) is 7.28. The molecule has 0 saturated heterocycles. The van der Waals surface area contributed by atoms with E-state index in [9.17, 15) is 21.9 Å². The Labute approximate surface area is 210 Å². The summed E-state index contributed by atoms with van der Waals surface area (Å²) in [6.07, 6.45) is 0. The summed E-state index contributed by atoms with van der Waals surface area (Å²) < 4.78 is 62.6. The Morgan fingerprint density at radius 2 is 1.24 bits per heavy atom. The number of fused-ring (bicyclic) bond motifs is 1. The Bertz CT molecular complexity index is 1280. The van der Waals surface area contributed by atoms with Crippen molar-refractivity contribution >= 4 is 101 Å². The average Bonchev–Trinajstić information content (AvgIpc) is 2.59. The predicted octanol–water partition coefficient (Wildman–Crippen LogP) is 2.69. The van der Waals surface area contributed by atoms with Crippen molar-refractivity contribution in [3.05, 3.63) is 54.6 Å². The Kier molecular flexibility index (Phi) is 8.99. The van der Waals surface area contributed by atoms with Crippen LogP contribution in [0.2, 0.25) is 0 Å². The predicted molar refractivity (Wildman–Crippen MR) is 107 cm³/mol. The first kappa shape index (κ1) is 26.2. The standard InChI is InChI=1S/C16H12N2O7S2.2Na/c19-15-8-1-10-9-13(27(23,24)25)6-7-14(10)16(15)18-17-11-2-4-12(5-3-11)26(20,21)22;;/h1-9,19H,(H,20,21,22)(H,23,24,25);;. The van der Waals surface area contributed by atoms with Crippen LogP contribution in [-0.4, -0.2) is 90.2 Å². The van der Waals surface area contributed by atoms with E-state index < -0.39 is 20.2 Å². The van der Waals surface area contributed by atoms with Crippen molar-refractivity contribution in [1.82, 2.24) is 0 Å². The van der Waals surface area contributed by atoms with Crippen LogP contribution in [-0.2, 0) is 20.2 Å². The number of phenolic OH excluding ortho intramolecular Hbond substituents is 1. The quantitative estimate of drug-likeness (QED) is 0.311. The Morgan fingerprint density at radius 1 is 0.690 bits per heavy atom. The minimum atomic E-state index is -4.37. The molecule has 0 aliphatic carbocycles. The van der Waals surface area contributed by atoms with Crippen molar-refractivity contribution in [2.24, 2.45) is 10.2 Å². The van der Waals surface area contributed by atoms with Gasteiger partial charge in [-0.05, 0) is 47.9 Å². The zero-order valence-corrected chi connectivity index (χ0v) is 21.0. The molecule has 0 atom stereocenters. The van der Waals surface area contributed by atoms with Crippen molar-refractivity contribution in [1.29, 1.82) is 0 Å². The minimum Gasteiger partial charge on any atom is -0.506 e. The smallest absolute Gasteiger partial charge is 0.294 e. The van der Waals surface area contributed by atoms with E-state index in [0.29, 0.717) is 10.8 Å². The van der Waals surface area contributed by atoms with Gasteiger partial charge in [0.25, 0.3) is 20.2 Å². The van der Waals surface area contributed by atoms with Gasteiger partial charge in [-0.25, -0.2) is 0 Å². The molecule has 0 aliphatic rings. The molecule has 3 N–H and O–H groups in total. The van der Waals surface area contributed by atoms with Crippen LogP contribution >= 0.6 is 0 Å². The van der Waals surface area contributed by atoms with Crippen molar-refractivity contribution in [2.75, 3.05) is 0 Å². The summed E-state index contributed by atoms with van der Waals surface area (Å²) in [6.45, 7) is 0. The molecule has 2 radical (unpaired) electrons. The van der Waals surface area contributed by atoms with Crippen LogP contribution in [0, 0.1) is 0 Å². The minimum absolute atomic E-state index is 0. The van der Waals surface area contributed by atoms with E-state index in [2.05, 4.69) is 10.2 Å². The summed E-state index contributed by atoms with van der Waals surface area (Å²) in [6, 6.07) is 11.4. The summed E-state index contributed by atoms with van der Waals surface area (Å²) >= 11 is 0. The molecule has 0 spiro atoms. The van der Waals surface area contributed by atoms with Gasteiger partial charge in [0, 0.05) is 64.5 Å². The third-order valence-electron chi connectivity index (χ3n) is 3.64. The topological polar surface area (TPSA) is 154 Å². The van der Waals surface area contributed by atoms with E-state index in [-0.39, 0.29) is 86.0 Å². The molecule has 0 aliphatic heterocycles. The molecule has 13 heteroatoms. The SMILES string of the molecule is O=S(=O)(O)c1ccc(N=Nc2c(O)ccc3cc(S(=O)(=O)O)ccc23)cc1.[Na].[Na]. The second-order valence-electron chi connectivity index (χ2n) is 5.46. The third kappa shape index (κ3) is 6.31. The molecule has 0 amide bonds. The number of nitrogens with zero attached hydrogens (tertiary/aromatic N) is 2. The maximum atomic E-state index is 11.2. The molecule has 9 nitrogen and oxygen atoms in total. The summed E-state index contributed by atoms with van der Waals surface area (Å²) in [5.74, 6) is -0.208. The molecular weight excluding hydrogens is 442 g/mol. The fraction of sp³-hybridized carbons (Fsp3) is 0. The van der Waals surface area contributed by atoms with Crippen LogP contribution in [0.3, 0.4) is 0 Å². The molecule has 0 heterocycles. The molecule has 3 aromatic carbocycles. The Morgan fingerprint density at radius 3 is 1.79 bits per heavy atom. The second-order valence-corrected chi connectivity index (χ2v) is 8.30. The van der Waals surface area contributed by atoms with Crippen molar-refractivity contribution in [3.8, 4) is 5.75 Å². The summed E-state index contributed by atoms with van der Waals surface area (Å²) in [5, 5.41) is 18.7. The van der Waals surface area contributed by atoms with Crippen LogP contribution in [0.5, 0.6) is 5.75 Å². The van der Waals surface area contributed by atoms with Crippen LogP contribution in [0.4, 0.5) is 11.4 Å². The van der Waals surface area contributed by atoms with Gasteiger partial charge in [-0.1, -0.05) is 12.1 Å². The van der Waals surface area contributed by atoms with Crippen molar-refractivity contribution < 1.29 is 31.0 Å². The summed E-state index contributed by atoms with van der Waals surface area (Å²) in [5.41, 5.74) is 0.321. The first-order chi connectivity index (χ1) is 12.6. The monoisotopic (exact) mass is 454 g/mol. The van der Waals surface area contributed by atoms with Crippen LogP contribution < -0.4 is 0 Å². The average molecular weight is 454 g/mol. The van der Waals surface area contributed by atoms with Crippen molar-refractivity contribution in [2.45, 2.75) is 9.79 Å². The first-order valence-corrected chi connectivity index (χ1v) is 10.2. The number of azo groups is 1. The number of hydrogen-bond donors (Lipinski definition) is 3. The van der Waals surface area contributed by atoms with Gasteiger partial charge in [-0.15, -0.1) is 5.11 Å². The van der Waals surface area contributed by atoms with Crippen LogP contribution in [0.15, 0.2) is 74.6 Å². The number of rotatable bonds is 4. The molecule has 0 unspecified atom stereocenters. The zero-order chi connectivity index (χ0) is 19.8. The molecule has 3 rings (SSSR count). The summed E-state index contributed by atoms with van der Waals surface area (Å²) in [4.78, 5) is -0.600. The maximum absolute atomic E-state index is 11.2. The van der Waals surface area contributed by atoms with E-state index >= 15 is 0 Å². The van der Waals surface area contributed by atoms with Gasteiger partial charge >= 0.3 is 0 Å². The second kappa shape index (κ2) is 9.96. The van der Waals surface area contributed by atoms with E-state index in [4.69, 9.17) is 9.11 Å². The van der Waals surface area contributed by atoms with Crippen LogP contribution in [0.1, 0.15) is 0 Å². The number of phenols is 1. The fourth-order valence-electron chi connectivity index (χ4n) is 2.34. The Hall–Kier alpha value is -0.860. The van der Waals surface area contributed by atoms with Gasteiger partial charge < -0.3 is 5.11 Å². The van der Waals surface area contributed by atoms with Gasteiger partial charge in [0.2, 0.25) is 0 Å². The van der Waals surface area contributed by atoms with Gasteiger partial charge in [0.05, 0.1) is 15.5 Å². The summed E-state index contributed by atoms with van der Waals surface area (Å²) in [7, 11) is -8.69. The van der Waals surface area contributed by atoms with Crippen molar-refractivity contribution in [3.63, 3.8) is 0 Å². The molecule has 0 aromatic heterocycles. The zero-order valence-electron chi connectivity index (χ0n) is 15.4. The van der Waals surface area contributed by atoms with E-state index in [0.717, 1.165) is 18.2 Å². The maximum Gasteiger partial charge on any atom is 0.294 e. The molecule has 3 aromatic rings. The molecule has 0 saturated carbocycles. The Balaban J connectivity index is 0.00000210. The van der Waals surface area contributed by atoms with E-state index in [1.54, 1.807) is 0 Å². The van der Waals surface area contributed by atoms with Gasteiger partial charge in [-0.3, -0.25) is 9.11 Å². The largest absolute Gasteiger partial charge is 0.506 e. The molecule has 0 bridgehead atoms. The number of hydrogen-bond acceptors (Lipinski definition) is 7. The van der Waals surface area contributed by atoms with Crippen LogP contribution in [0.25, 0.3) is 10.8 Å². The van der Waals surface area contributed by atoms with E-state index in [1.165, 1.54) is 36.4 Å². The molecule has 142 valence electrons. The normalized spacial score (nSPS) is 11.8. The third-order valence-corrected chi connectivity index (χ3v) is 5.36. The van der Waals surface area contributed by atoms with Gasteiger partial charge in [0.15, 0.2) is 0 Å². The number of benzene rings is 3. The van der Waals surface area contributed by atoms with Gasteiger partial charge in [0.1, 0.15) is 11.4 Å². The van der Waals surface area contributed by atoms with Gasteiger partial charge in [-0.2, -0.15) is 21.9 Å². The number of aromatic hydroxyl groups is 1.